The van der Waals surface area contributed by atoms with Gasteiger partial charge in [0.25, 0.3) is 5.91 Å². The largest absolute Gasteiger partial charge is 0.343 e. The van der Waals surface area contributed by atoms with E-state index < -0.39 is 5.91 Å². The Kier molecular flexibility index (Phi) is 6.16. The van der Waals surface area contributed by atoms with Crippen molar-refractivity contribution in [3.05, 3.63) is 0 Å². The summed E-state index contributed by atoms with van der Waals surface area (Å²) in [5.41, 5.74) is 0. The lowest BCUT2D eigenvalue weighted by atomic mass is 10.3. The number of hydrogen-bond donors (Lipinski definition) is 2. The van der Waals surface area contributed by atoms with Crippen molar-refractivity contribution < 1.29 is 0 Å². The maximum Gasteiger partial charge on any atom is 0.274 e. The van der Waals surface area contributed by atoms with E-state index in [9.17, 15) is 0 Å². The monoisotopic (exact) mass is 309 g/mol. The van der Waals surface area contributed by atoms with Crippen molar-refractivity contribution in [2.45, 2.75) is 33.6 Å². The second kappa shape index (κ2) is 7.89. The summed E-state index contributed by atoms with van der Waals surface area (Å²) in [6, 6.07) is 0. The third-order valence-electron chi connectivity index (χ3n) is 4.48. The van der Waals surface area contributed by atoms with Crippen molar-refractivity contribution in [1.29, 1.82) is 0 Å². The van der Waals surface area contributed by atoms with Gasteiger partial charge in [-0.1, -0.05) is 13.8 Å². The Morgan fingerprint density at radius 2 is 1.73 bits per heavy atom. The second-order valence-electron chi connectivity index (χ2n) is 5.52. The van der Waals surface area contributed by atoms with Crippen LogP contribution in [0.5, 0.6) is 0 Å². The summed E-state index contributed by atoms with van der Waals surface area (Å²) in [5.74, 6) is 0.319. The molecule has 2 aliphatic heterocycles. The summed E-state index contributed by atoms with van der Waals surface area (Å²) >= 11 is 0. The number of aliphatic imine (C=N–C) groups is 2. The average Bonchev–Trinajstić information content (AvgIpc) is 2.58. The summed E-state index contributed by atoms with van der Waals surface area (Å²) in [7, 11) is 0. The molecule has 0 spiro atoms. The van der Waals surface area contributed by atoms with Gasteiger partial charge in [-0.3, -0.25) is 0 Å². The van der Waals surface area contributed by atoms with Crippen LogP contribution in [0.15, 0.2) is 9.98 Å². The van der Waals surface area contributed by atoms with Crippen molar-refractivity contribution in [2.24, 2.45) is 9.98 Å². The first-order valence-corrected chi connectivity index (χ1v) is 8.57. The average molecular weight is 309 g/mol. The van der Waals surface area contributed by atoms with Gasteiger partial charge >= 0.3 is 0 Å². The molecule has 0 amide bonds. The zero-order valence-corrected chi connectivity index (χ0v) is 14.5. The quantitative estimate of drug-likeness (QED) is 0.733. The fourth-order valence-corrected chi connectivity index (χ4v) is 3.18. The van der Waals surface area contributed by atoms with E-state index in [-0.39, 0.29) is 0 Å². The van der Waals surface area contributed by atoms with Crippen LogP contribution in [0.25, 0.3) is 0 Å². The first kappa shape index (κ1) is 17.2. The lowest BCUT2D eigenvalue weighted by Gasteiger charge is -2.47. The Morgan fingerprint density at radius 1 is 1.09 bits per heavy atom. The van der Waals surface area contributed by atoms with Crippen LogP contribution in [-0.4, -0.2) is 85.3 Å². The van der Waals surface area contributed by atoms with Crippen LogP contribution >= 0.6 is 0 Å². The smallest absolute Gasteiger partial charge is 0.274 e. The molecular formula is C15H31N7. The number of rotatable bonds is 6. The van der Waals surface area contributed by atoms with Gasteiger partial charge in [-0.15, -0.1) is 0 Å². The molecule has 22 heavy (non-hydrogen) atoms. The molecule has 2 aliphatic rings. The van der Waals surface area contributed by atoms with Gasteiger partial charge in [-0.05, 0) is 13.8 Å². The van der Waals surface area contributed by atoms with Crippen LogP contribution in [0.1, 0.15) is 27.7 Å². The molecule has 0 aliphatic carbocycles. The Bertz CT molecular complexity index is 395. The molecule has 1 atom stereocenters. The van der Waals surface area contributed by atoms with Crippen molar-refractivity contribution in [1.82, 2.24) is 25.3 Å². The molecule has 7 heteroatoms. The van der Waals surface area contributed by atoms with Crippen molar-refractivity contribution in [3.8, 4) is 0 Å². The molecule has 0 aromatic rings. The molecule has 1 fully saturated rings. The molecule has 0 radical (unpaired) electrons. The van der Waals surface area contributed by atoms with E-state index in [0.29, 0.717) is 0 Å². The van der Waals surface area contributed by atoms with E-state index in [0.717, 1.165) is 58.3 Å². The minimum absolute atomic E-state index is 0.602. The van der Waals surface area contributed by atoms with Gasteiger partial charge in [-0.25, -0.2) is 14.8 Å². The SMILES string of the molecule is CCN(CC)C1=NC(N(CC)CC)(N2CCNCC2)N=CN1. The fourth-order valence-electron chi connectivity index (χ4n) is 3.18. The molecule has 2 rings (SSSR count). The Hall–Kier alpha value is -1.18. The van der Waals surface area contributed by atoms with E-state index in [2.05, 4.69) is 53.0 Å². The molecule has 0 bridgehead atoms. The molecular weight excluding hydrogens is 278 g/mol. The van der Waals surface area contributed by atoms with Crippen molar-refractivity contribution in [3.63, 3.8) is 0 Å². The first-order chi connectivity index (χ1) is 10.7. The molecule has 0 aromatic carbocycles. The normalized spacial score (nSPS) is 26.0. The van der Waals surface area contributed by atoms with Gasteiger partial charge in [-0.2, -0.15) is 4.99 Å². The zero-order valence-electron chi connectivity index (χ0n) is 14.5. The second-order valence-corrected chi connectivity index (χ2v) is 5.52. The number of nitrogens with one attached hydrogen (secondary N) is 2. The molecule has 126 valence electrons. The lowest BCUT2D eigenvalue weighted by molar-refractivity contribution is -0.0501. The molecule has 1 saturated heterocycles. The lowest BCUT2D eigenvalue weighted by Crippen LogP contribution is -2.65. The number of piperazine rings is 1. The van der Waals surface area contributed by atoms with Crippen LogP contribution in [0.4, 0.5) is 0 Å². The summed E-state index contributed by atoms with van der Waals surface area (Å²) in [6.07, 6.45) is 1.82. The van der Waals surface area contributed by atoms with E-state index in [1.54, 1.807) is 0 Å². The predicted molar refractivity (Wildman–Crippen MR) is 92.1 cm³/mol. The van der Waals surface area contributed by atoms with Crippen molar-refractivity contribution in [2.75, 3.05) is 52.4 Å². The van der Waals surface area contributed by atoms with E-state index in [4.69, 9.17) is 9.98 Å². The molecule has 2 heterocycles. The third kappa shape index (κ3) is 3.26. The Balaban J connectivity index is 2.38. The zero-order chi connectivity index (χ0) is 16.0. The highest BCUT2D eigenvalue weighted by Crippen LogP contribution is 2.26. The summed E-state index contributed by atoms with van der Waals surface area (Å²) in [4.78, 5) is 16.8. The highest BCUT2D eigenvalue weighted by atomic mass is 15.6. The highest BCUT2D eigenvalue weighted by Gasteiger charge is 2.43. The van der Waals surface area contributed by atoms with Crippen LogP contribution in [0, 0.1) is 0 Å². The van der Waals surface area contributed by atoms with Crippen LogP contribution in [-0.2, 0) is 0 Å². The van der Waals surface area contributed by atoms with Crippen LogP contribution < -0.4 is 10.6 Å². The number of hydrogen-bond acceptors (Lipinski definition) is 7. The minimum atomic E-state index is -0.602. The first-order valence-electron chi connectivity index (χ1n) is 8.57. The van der Waals surface area contributed by atoms with E-state index in [1.807, 2.05) is 6.34 Å². The summed E-state index contributed by atoms with van der Waals surface area (Å²) in [6.45, 7) is 16.3. The van der Waals surface area contributed by atoms with Gasteiger partial charge in [0.1, 0.15) is 0 Å². The van der Waals surface area contributed by atoms with Gasteiger partial charge in [0.2, 0.25) is 5.96 Å². The van der Waals surface area contributed by atoms with Gasteiger partial charge in [0.15, 0.2) is 0 Å². The minimum Gasteiger partial charge on any atom is -0.343 e. The maximum absolute atomic E-state index is 5.08. The van der Waals surface area contributed by atoms with Gasteiger partial charge in [0, 0.05) is 52.4 Å². The Labute approximate surface area is 134 Å². The Morgan fingerprint density at radius 3 is 2.27 bits per heavy atom. The molecule has 0 aromatic heterocycles. The molecule has 0 saturated carbocycles. The standard InChI is InChI=1S/C15H31N7/c1-5-20(6-2)14-17-13-18-15(19-14,21(7-3)8-4)22-11-9-16-10-12-22/h13,16H,5-12H2,1-4H3,(H,17,18,19). The fraction of sp³-hybridized carbons (Fsp3) is 0.867. The van der Waals surface area contributed by atoms with E-state index >= 15 is 0 Å². The molecule has 1 unspecified atom stereocenters. The summed E-state index contributed by atoms with van der Waals surface area (Å²) < 4.78 is 0. The van der Waals surface area contributed by atoms with Crippen molar-refractivity contribution >= 4 is 12.3 Å². The van der Waals surface area contributed by atoms with Crippen LogP contribution in [0.2, 0.25) is 0 Å². The highest BCUT2D eigenvalue weighted by molar-refractivity contribution is 5.91. The third-order valence-corrected chi connectivity index (χ3v) is 4.48. The topological polar surface area (TPSA) is 58.5 Å². The van der Waals surface area contributed by atoms with E-state index in [1.165, 1.54) is 0 Å². The molecule has 2 N–H and O–H groups in total. The van der Waals surface area contributed by atoms with Gasteiger partial charge in [0.05, 0.1) is 6.34 Å². The van der Waals surface area contributed by atoms with Crippen LogP contribution in [0.3, 0.4) is 0 Å². The number of guanidine groups is 1. The van der Waals surface area contributed by atoms with Gasteiger partial charge < -0.3 is 15.5 Å². The maximum atomic E-state index is 5.08. The number of nitrogens with zero attached hydrogens (tertiary/aromatic N) is 5. The molecule has 7 nitrogen and oxygen atoms in total. The summed E-state index contributed by atoms with van der Waals surface area (Å²) in [5, 5.41) is 6.65. The predicted octanol–water partition coefficient (Wildman–Crippen LogP) is 0.174.